The Kier molecular flexibility index (Phi) is 3.91. The standard InChI is InChI=1S/C8H15NS/c9-6-7-10-8-4-2-1-3-5-8/h1-2,8H,3-7,9H2. The highest BCUT2D eigenvalue weighted by Gasteiger charge is 2.08. The Morgan fingerprint density at radius 2 is 2.40 bits per heavy atom. The number of rotatable bonds is 3. The molecule has 2 N–H and O–H groups in total. The van der Waals surface area contributed by atoms with Crippen LogP contribution in [0.15, 0.2) is 12.2 Å². The van der Waals surface area contributed by atoms with Gasteiger partial charge in [0.1, 0.15) is 0 Å². The lowest BCUT2D eigenvalue weighted by Crippen LogP contribution is -2.09. The van der Waals surface area contributed by atoms with Gasteiger partial charge >= 0.3 is 0 Å². The van der Waals surface area contributed by atoms with Crippen LogP contribution in [0.4, 0.5) is 0 Å². The second-order valence-electron chi connectivity index (χ2n) is 2.57. The molecule has 58 valence electrons. The lowest BCUT2D eigenvalue weighted by atomic mass is 10.1. The van der Waals surface area contributed by atoms with Gasteiger partial charge in [0.15, 0.2) is 0 Å². The summed E-state index contributed by atoms with van der Waals surface area (Å²) in [5.74, 6) is 1.12. The predicted molar refractivity (Wildman–Crippen MR) is 48.3 cm³/mol. The summed E-state index contributed by atoms with van der Waals surface area (Å²) in [6.45, 7) is 0.824. The molecule has 10 heavy (non-hydrogen) atoms. The van der Waals surface area contributed by atoms with Crippen LogP contribution in [0.25, 0.3) is 0 Å². The average Bonchev–Trinajstić information content (AvgIpc) is 2.03. The van der Waals surface area contributed by atoms with E-state index in [-0.39, 0.29) is 0 Å². The van der Waals surface area contributed by atoms with E-state index >= 15 is 0 Å². The maximum Gasteiger partial charge on any atom is 0.00849 e. The Morgan fingerprint density at radius 1 is 1.50 bits per heavy atom. The number of nitrogens with two attached hydrogens (primary N) is 1. The van der Waals surface area contributed by atoms with Gasteiger partial charge in [0.05, 0.1) is 0 Å². The molecule has 1 aliphatic rings. The molecule has 0 heterocycles. The van der Waals surface area contributed by atoms with Crippen molar-refractivity contribution in [1.29, 1.82) is 0 Å². The Bertz CT molecular complexity index is 112. The monoisotopic (exact) mass is 157 g/mol. The van der Waals surface area contributed by atoms with Gasteiger partial charge in [-0.25, -0.2) is 0 Å². The first-order chi connectivity index (χ1) is 4.93. The average molecular weight is 157 g/mol. The van der Waals surface area contributed by atoms with Crippen LogP contribution in [0.1, 0.15) is 19.3 Å². The molecule has 1 aliphatic carbocycles. The van der Waals surface area contributed by atoms with E-state index in [2.05, 4.69) is 12.2 Å². The molecule has 0 amide bonds. The summed E-state index contributed by atoms with van der Waals surface area (Å²) < 4.78 is 0. The zero-order valence-corrected chi connectivity index (χ0v) is 7.07. The number of allylic oxidation sites excluding steroid dienone is 2. The van der Waals surface area contributed by atoms with Crippen LogP contribution in [-0.2, 0) is 0 Å². The molecule has 2 heteroatoms. The minimum absolute atomic E-state index is 0.824. The van der Waals surface area contributed by atoms with E-state index in [1.54, 1.807) is 0 Å². The third-order valence-electron chi connectivity index (χ3n) is 1.69. The summed E-state index contributed by atoms with van der Waals surface area (Å²) in [4.78, 5) is 0. The van der Waals surface area contributed by atoms with Gasteiger partial charge in [0, 0.05) is 17.5 Å². The van der Waals surface area contributed by atoms with Crippen molar-refractivity contribution in [2.75, 3.05) is 12.3 Å². The summed E-state index contributed by atoms with van der Waals surface area (Å²) in [6.07, 6.45) is 8.44. The van der Waals surface area contributed by atoms with Crippen molar-refractivity contribution in [2.24, 2.45) is 5.73 Å². The molecule has 0 bridgehead atoms. The molecule has 0 aromatic carbocycles. The normalized spacial score (nSPS) is 25.1. The lowest BCUT2D eigenvalue weighted by molar-refractivity contribution is 0.748. The van der Waals surface area contributed by atoms with Gasteiger partial charge in [-0.3, -0.25) is 0 Å². The lowest BCUT2D eigenvalue weighted by Gasteiger charge is -2.16. The number of hydrogen-bond acceptors (Lipinski definition) is 2. The minimum Gasteiger partial charge on any atom is -0.330 e. The van der Waals surface area contributed by atoms with E-state index in [1.165, 1.54) is 19.3 Å². The highest BCUT2D eigenvalue weighted by molar-refractivity contribution is 7.99. The molecule has 0 fully saturated rings. The van der Waals surface area contributed by atoms with Crippen molar-refractivity contribution in [3.05, 3.63) is 12.2 Å². The van der Waals surface area contributed by atoms with Crippen molar-refractivity contribution in [2.45, 2.75) is 24.5 Å². The van der Waals surface area contributed by atoms with E-state index in [9.17, 15) is 0 Å². The van der Waals surface area contributed by atoms with Gasteiger partial charge in [-0.15, -0.1) is 0 Å². The van der Waals surface area contributed by atoms with Crippen molar-refractivity contribution >= 4 is 11.8 Å². The molecule has 0 aromatic rings. The highest BCUT2D eigenvalue weighted by atomic mass is 32.2. The van der Waals surface area contributed by atoms with E-state index < -0.39 is 0 Å². The maximum absolute atomic E-state index is 5.41. The largest absolute Gasteiger partial charge is 0.330 e. The van der Waals surface area contributed by atoms with Crippen LogP contribution in [0.5, 0.6) is 0 Å². The second-order valence-corrected chi connectivity index (χ2v) is 3.97. The highest BCUT2D eigenvalue weighted by Crippen LogP contribution is 2.23. The molecule has 0 aromatic heterocycles. The molecule has 1 unspecified atom stereocenters. The third-order valence-corrected chi connectivity index (χ3v) is 3.06. The van der Waals surface area contributed by atoms with Gasteiger partial charge in [-0.2, -0.15) is 11.8 Å². The van der Waals surface area contributed by atoms with Crippen LogP contribution in [0.2, 0.25) is 0 Å². The maximum atomic E-state index is 5.41. The summed E-state index contributed by atoms with van der Waals surface area (Å²) >= 11 is 2.02. The van der Waals surface area contributed by atoms with Crippen LogP contribution >= 0.6 is 11.8 Å². The van der Waals surface area contributed by atoms with Crippen molar-refractivity contribution in [1.82, 2.24) is 0 Å². The summed E-state index contributed by atoms with van der Waals surface area (Å²) in [5, 5.41) is 0.855. The second kappa shape index (κ2) is 4.80. The van der Waals surface area contributed by atoms with Gasteiger partial charge < -0.3 is 5.73 Å². The zero-order valence-electron chi connectivity index (χ0n) is 6.25. The van der Waals surface area contributed by atoms with Crippen LogP contribution in [-0.4, -0.2) is 17.5 Å². The predicted octanol–water partition coefficient (Wildman–Crippen LogP) is 1.79. The molecule has 0 aliphatic heterocycles. The molecule has 1 rings (SSSR count). The molecule has 0 radical (unpaired) electrons. The Hall–Kier alpha value is 0.0500. The first kappa shape index (κ1) is 8.15. The molecular weight excluding hydrogens is 142 g/mol. The molecular formula is C8H15NS. The summed E-state index contributed by atoms with van der Waals surface area (Å²) in [6, 6.07) is 0. The summed E-state index contributed by atoms with van der Waals surface area (Å²) in [7, 11) is 0. The van der Waals surface area contributed by atoms with Gasteiger partial charge in [0.2, 0.25) is 0 Å². The third kappa shape index (κ3) is 2.76. The Labute approximate surface area is 67.1 Å². The topological polar surface area (TPSA) is 26.0 Å². The number of thioether (sulfide) groups is 1. The Balaban J connectivity index is 2.10. The fourth-order valence-electron chi connectivity index (χ4n) is 1.15. The fraction of sp³-hybridized carbons (Fsp3) is 0.750. The smallest absolute Gasteiger partial charge is 0.00849 e. The van der Waals surface area contributed by atoms with E-state index in [0.29, 0.717) is 0 Å². The molecule has 0 saturated heterocycles. The molecule has 1 atom stereocenters. The van der Waals surface area contributed by atoms with Crippen molar-refractivity contribution < 1.29 is 0 Å². The van der Waals surface area contributed by atoms with Crippen molar-refractivity contribution in [3.8, 4) is 0 Å². The summed E-state index contributed by atoms with van der Waals surface area (Å²) in [5.41, 5.74) is 5.41. The van der Waals surface area contributed by atoms with Crippen LogP contribution in [0, 0.1) is 0 Å². The first-order valence-corrected chi connectivity index (χ1v) is 4.95. The van der Waals surface area contributed by atoms with Crippen LogP contribution in [0.3, 0.4) is 0 Å². The van der Waals surface area contributed by atoms with E-state index in [0.717, 1.165) is 17.5 Å². The van der Waals surface area contributed by atoms with E-state index in [1.807, 2.05) is 11.8 Å². The Morgan fingerprint density at radius 3 is 3.00 bits per heavy atom. The first-order valence-electron chi connectivity index (χ1n) is 3.90. The molecule has 0 spiro atoms. The zero-order chi connectivity index (χ0) is 7.23. The van der Waals surface area contributed by atoms with Gasteiger partial charge in [0.25, 0.3) is 0 Å². The van der Waals surface area contributed by atoms with Gasteiger partial charge in [-0.1, -0.05) is 12.2 Å². The van der Waals surface area contributed by atoms with E-state index in [4.69, 9.17) is 5.73 Å². The molecule has 0 saturated carbocycles. The minimum atomic E-state index is 0.824. The quantitative estimate of drug-likeness (QED) is 0.632. The molecule has 1 nitrogen and oxygen atoms in total. The van der Waals surface area contributed by atoms with Gasteiger partial charge in [-0.05, 0) is 19.3 Å². The van der Waals surface area contributed by atoms with Crippen molar-refractivity contribution in [3.63, 3.8) is 0 Å². The van der Waals surface area contributed by atoms with Crippen LogP contribution < -0.4 is 5.73 Å². The number of hydrogen-bond donors (Lipinski definition) is 1. The fourth-order valence-corrected chi connectivity index (χ4v) is 2.17. The SMILES string of the molecule is NCCSC1CC=CCC1.